The number of nitrogens with zero attached hydrogens (tertiary/aromatic N) is 3. The highest BCUT2D eigenvalue weighted by molar-refractivity contribution is 6.35. The molecule has 136 valence electrons. The predicted molar refractivity (Wildman–Crippen MR) is 105 cm³/mol. The van der Waals surface area contributed by atoms with Crippen molar-refractivity contribution in [2.24, 2.45) is 4.99 Å². The Kier molecular flexibility index (Phi) is 8.53. The number of ether oxygens (including phenoxy) is 1. The molecule has 0 radical (unpaired) electrons. The molecule has 0 spiro atoms. The van der Waals surface area contributed by atoms with Gasteiger partial charge in [-0.15, -0.1) is 0 Å². The first-order valence-electron chi connectivity index (χ1n) is 8.13. The van der Waals surface area contributed by atoms with Crippen LogP contribution in [0.4, 0.5) is 5.69 Å². The van der Waals surface area contributed by atoms with Crippen molar-refractivity contribution >= 4 is 34.8 Å². The standard InChI is InChI=1S/C18H19Cl2N5O/c19-14-4-5-17(16(20)12-14)26-11-3-1-2-8-23-18(24-13-21)25-15-6-9-22-10-7-15/h4-7,9-10,12H,1-3,8,11H2,(H2,22,23,24,25). The Morgan fingerprint density at radius 3 is 2.69 bits per heavy atom. The molecule has 2 N–H and O–H groups in total. The Morgan fingerprint density at radius 1 is 1.15 bits per heavy atom. The van der Waals surface area contributed by atoms with Crippen molar-refractivity contribution in [3.63, 3.8) is 0 Å². The van der Waals surface area contributed by atoms with Crippen LogP contribution in [0.25, 0.3) is 0 Å². The van der Waals surface area contributed by atoms with Gasteiger partial charge in [0.15, 0.2) is 6.19 Å². The second-order valence-corrected chi connectivity index (χ2v) is 6.16. The number of aliphatic imine (C=N–C) groups is 1. The van der Waals surface area contributed by atoms with Crippen LogP contribution in [-0.4, -0.2) is 24.1 Å². The summed E-state index contributed by atoms with van der Waals surface area (Å²) in [4.78, 5) is 8.31. The summed E-state index contributed by atoms with van der Waals surface area (Å²) in [5.41, 5.74) is 0.815. The zero-order chi connectivity index (χ0) is 18.6. The minimum atomic E-state index is 0.419. The number of nitrogens with one attached hydrogen (secondary N) is 2. The van der Waals surface area contributed by atoms with E-state index in [2.05, 4.69) is 20.6 Å². The number of rotatable bonds is 8. The van der Waals surface area contributed by atoms with E-state index in [1.54, 1.807) is 42.7 Å². The summed E-state index contributed by atoms with van der Waals surface area (Å²) in [6.45, 7) is 1.17. The van der Waals surface area contributed by atoms with Crippen molar-refractivity contribution in [2.75, 3.05) is 18.5 Å². The summed E-state index contributed by atoms with van der Waals surface area (Å²) in [7, 11) is 0. The fraction of sp³-hybridized carbons (Fsp3) is 0.278. The monoisotopic (exact) mass is 391 g/mol. The Morgan fingerprint density at radius 2 is 1.96 bits per heavy atom. The lowest BCUT2D eigenvalue weighted by atomic mass is 10.2. The average Bonchev–Trinajstić information content (AvgIpc) is 2.63. The fourth-order valence-electron chi connectivity index (χ4n) is 2.09. The molecule has 8 heteroatoms. The molecule has 0 amide bonds. The molecular formula is C18H19Cl2N5O. The molecule has 26 heavy (non-hydrogen) atoms. The molecule has 0 bridgehead atoms. The molecule has 0 fully saturated rings. The number of unbranched alkanes of at least 4 members (excludes halogenated alkanes) is 2. The van der Waals surface area contributed by atoms with E-state index in [-0.39, 0.29) is 0 Å². The summed E-state index contributed by atoms with van der Waals surface area (Å²) in [5, 5.41) is 15.5. The fourth-order valence-corrected chi connectivity index (χ4v) is 2.55. The zero-order valence-electron chi connectivity index (χ0n) is 14.1. The van der Waals surface area contributed by atoms with Crippen molar-refractivity contribution in [2.45, 2.75) is 19.3 Å². The number of benzene rings is 1. The van der Waals surface area contributed by atoms with Gasteiger partial charge in [-0.05, 0) is 49.6 Å². The maximum Gasteiger partial charge on any atom is 0.209 e. The number of hydrogen-bond acceptors (Lipinski definition) is 4. The highest BCUT2D eigenvalue weighted by atomic mass is 35.5. The third-order valence-corrected chi connectivity index (χ3v) is 3.87. The lowest BCUT2D eigenvalue weighted by molar-refractivity contribution is 0.306. The van der Waals surface area contributed by atoms with Crippen LogP contribution in [0.1, 0.15) is 19.3 Å². The molecular weight excluding hydrogens is 373 g/mol. The third-order valence-electron chi connectivity index (χ3n) is 3.34. The van der Waals surface area contributed by atoms with Crippen molar-refractivity contribution in [3.05, 3.63) is 52.8 Å². The summed E-state index contributed by atoms with van der Waals surface area (Å²) < 4.78 is 5.64. The highest BCUT2D eigenvalue weighted by Crippen LogP contribution is 2.27. The maximum atomic E-state index is 8.81. The zero-order valence-corrected chi connectivity index (χ0v) is 15.6. The Labute approximate surface area is 162 Å². The van der Waals surface area contributed by atoms with Crippen LogP contribution in [0.2, 0.25) is 10.0 Å². The topological polar surface area (TPSA) is 82.3 Å². The molecule has 0 saturated heterocycles. The Bertz CT molecular complexity index is 762. The van der Waals surface area contributed by atoms with E-state index in [4.69, 9.17) is 33.2 Å². The van der Waals surface area contributed by atoms with Gasteiger partial charge in [-0.3, -0.25) is 15.3 Å². The second kappa shape index (κ2) is 11.2. The highest BCUT2D eigenvalue weighted by Gasteiger charge is 2.02. The number of guanidine groups is 1. The number of pyridine rings is 1. The van der Waals surface area contributed by atoms with E-state index in [1.807, 2.05) is 6.19 Å². The number of anilines is 1. The van der Waals surface area contributed by atoms with Gasteiger partial charge >= 0.3 is 0 Å². The SMILES string of the molecule is N#CNC(=NCCCCCOc1ccc(Cl)cc1Cl)Nc1ccncc1. The first kappa shape index (κ1) is 19.8. The van der Waals surface area contributed by atoms with E-state index < -0.39 is 0 Å². The second-order valence-electron chi connectivity index (χ2n) is 5.31. The summed E-state index contributed by atoms with van der Waals surface area (Å²) in [5.74, 6) is 1.05. The van der Waals surface area contributed by atoms with Crippen molar-refractivity contribution in [3.8, 4) is 11.9 Å². The van der Waals surface area contributed by atoms with E-state index in [1.165, 1.54) is 0 Å². The van der Waals surface area contributed by atoms with Crippen molar-refractivity contribution in [1.82, 2.24) is 10.3 Å². The molecule has 1 heterocycles. The van der Waals surface area contributed by atoms with Gasteiger partial charge < -0.3 is 10.1 Å². The normalized spacial score (nSPS) is 10.9. The van der Waals surface area contributed by atoms with Gasteiger partial charge in [-0.25, -0.2) is 0 Å². The van der Waals surface area contributed by atoms with E-state index >= 15 is 0 Å². The summed E-state index contributed by atoms with van der Waals surface area (Å²) in [6.07, 6.45) is 7.92. The van der Waals surface area contributed by atoms with E-state index in [0.29, 0.717) is 34.9 Å². The van der Waals surface area contributed by atoms with Crippen LogP contribution in [0, 0.1) is 11.5 Å². The largest absolute Gasteiger partial charge is 0.492 e. The smallest absolute Gasteiger partial charge is 0.209 e. The minimum Gasteiger partial charge on any atom is -0.492 e. The molecule has 6 nitrogen and oxygen atoms in total. The number of aromatic nitrogens is 1. The maximum absolute atomic E-state index is 8.81. The molecule has 0 saturated carbocycles. The predicted octanol–water partition coefficient (Wildman–Crippen LogP) is 4.48. The van der Waals surface area contributed by atoms with Gasteiger partial charge in [-0.2, -0.15) is 5.26 Å². The Balaban J connectivity index is 1.67. The number of halogens is 2. The van der Waals surface area contributed by atoms with Crippen LogP contribution in [0.15, 0.2) is 47.7 Å². The molecule has 0 atom stereocenters. The first-order valence-corrected chi connectivity index (χ1v) is 8.89. The van der Waals surface area contributed by atoms with E-state index in [0.717, 1.165) is 24.9 Å². The van der Waals surface area contributed by atoms with Crippen LogP contribution < -0.4 is 15.4 Å². The van der Waals surface area contributed by atoms with Crippen LogP contribution in [-0.2, 0) is 0 Å². The lowest BCUT2D eigenvalue weighted by Crippen LogP contribution is -2.27. The number of hydrogen-bond donors (Lipinski definition) is 2. The molecule has 0 aliphatic heterocycles. The average molecular weight is 392 g/mol. The minimum absolute atomic E-state index is 0.419. The van der Waals surface area contributed by atoms with Gasteiger partial charge in [0.1, 0.15) is 5.75 Å². The van der Waals surface area contributed by atoms with Gasteiger partial charge in [0.25, 0.3) is 0 Å². The van der Waals surface area contributed by atoms with E-state index in [9.17, 15) is 0 Å². The quantitative estimate of drug-likeness (QED) is 0.228. The Hall–Kier alpha value is -2.49. The first-order chi connectivity index (χ1) is 12.7. The summed E-state index contributed by atoms with van der Waals surface area (Å²) >= 11 is 11.9. The lowest BCUT2D eigenvalue weighted by Gasteiger charge is -2.08. The molecule has 1 aromatic heterocycles. The molecule has 0 aliphatic carbocycles. The van der Waals surface area contributed by atoms with Crippen LogP contribution in [0.3, 0.4) is 0 Å². The molecule has 2 rings (SSSR count). The molecule has 1 aromatic carbocycles. The third kappa shape index (κ3) is 7.18. The van der Waals surface area contributed by atoms with Gasteiger partial charge in [-0.1, -0.05) is 23.2 Å². The van der Waals surface area contributed by atoms with Crippen molar-refractivity contribution < 1.29 is 4.74 Å². The van der Waals surface area contributed by atoms with Gasteiger partial charge in [0, 0.05) is 29.6 Å². The molecule has 0 unspecified atom stereocenters. The summed E-state index contributed by atoms with van der Waals surface area (Å²) in [6, 6.07) is 8.77. The van der Waals surface area contributed by atoms with Gasteiger partial charge in [0.2, 0.25) is 5.96 Å². The van der Waals surface area contributed by atoms with Crippen LogP contribution >= 0.6 is 23.2 Å². The molecule has 2 aromatic rings. The number of nitriles is 1. The van der Waals surface area contributed by atoms with Crippen molar-refractivity contribution in [1.29, 1.82) is 5.26 Å². The molecule has 0 aliphatic rings. The van der Waals surface area contributed by atoms with Gasteiger partial charge in [0.05, 0.1) is 11.6 Å². The van der Waals surface area contributed by atoms with Crippen LogP contribution in [0.5, 0.6) is 5.75 Å².